The first kappa shape index (κ1) is 14.8. The van der Waals surface area contributed by atoms with Crippen LogP contribution in [-0.2, 0) is 4.79 Å². The molecular weight excluding hydrogens is 236 g/mol. The maximum Gasteiger partial charge on any atom is 0.225 e. The number of amides is 1. The van der Waals surface area contributed by atoms with Crippen molar-refractivity contribution < 1.29 is 4.79 Å². The molecule has 0 radical (unpaired) electrons. The van der Waals surface area contributed by atoms with Crippen LogP contribution in [0.3, 0.4) is 0 Å². The Morgan fingerprint density at radius 2 is 1.84 bits per heavy atom. The summed E-state index contributed by atoms with van der Waals surface area (Å²) in [7, 11) is 2.05. The van der Waals surface area contributed by atoms with E-state index in [-0.39, 0.29) is 0 Å². The molecule has 110 valence electrons. The van der Waals surface area contributed by atoms with Gasteiger partial charge in [-0.2, -0.15) is 0 Å². The summed E-state index contributed by atoms with van der Waals surface area (Å²) in [5, 5.41) is 3.42. The van der Waals surface area contributed by atoms with Crippen molar-refractivity contribution in [1.29, 1.82) is 0 Å². The van der Waals surface area contributed by atoms with Gasteiger partial charge in [0.05, 0.1) is 0 Å². The van der Waals surface area contributed by atoms with Crippen molar-refractivity contribution in [1.82, 2.24) is 10.2 Å². The smallest absolute Gasteiger partial charge is 0.225 e. The highest BCUT2D eigenvalue weighted by molar-refractivity contribution is 5.79. The van der Waals surface area contributed by atoms with E-state index >= 15 is 0 Å². The predicted octanol–water partition coefficient (Wildman–Crippen LogP) is 2.80. The monoisotopic (exact) mass is 266 g/mol. The van der Waals surface area contributed by atoms with Crippen molar-refractivity contribution in [3.05, 3.63) is 0 Å². The van der Waals surface area contributed by atoms with Crippen LogP contribution < -0.4 is 5.32 Å². The maximum absolute atomic E-state index is 12.7. The van der Waals surface area contributed by atoms with Crippen LogP contribution in [0.1, 0.15) is 58.3 Å². The molecule has 1 saturated carbocycles. The third kappa shape index (κ3) is 3.71. The number of carbonyl (C=O) groups is 1. The topological polar surface area (TPSA) is 32.3 Å². The molecule has 0 spiro atoms. The highest BCUT2D eigenvalue weighted by Crippen LogP contribution is 2.27. The Balaban J connectivity index is 1.92. The van der Waals surface area contributed by atoms with Crippen LogP contribution in [0.4, 0.5) is 0 Å². The zero-order valence-corrected chi connectivity index (χ0v) is 12.7. The first-order chi connectivity index (χ1) is 9.26. The predicted molar refractivity (Wildman–Crippen MR) is 79.0 cm³/mol. The molecule has 2 atom stereocenters. The molecule has 1 saturated heterocycles. The summed E-state index contributed by atoms with van der Waals surface area (Å²) < 4.78 is 0. The minimum absolute atomic E-state index is 0.325. The molecule has 1 aliphatic carbocycles. The fourth-order valence-corrected chi connectivity index (χ4v) is 3.81. The second-order valence-electron chi connectivity index (χ2n) is 6.32. The molecule has 2 rings (SSSR count). The number of rotatable bonds is 3. The van der Waals surface area contributed by atoms with E-state index in [9.17, 15) is 4.79 Å². The summed E-state index contributed by atoms with van der Waals surface area (Å²) in [6, 6.07) is 0.600. The molecule has 0 aromatic carbocycles. The molecular formula is C16H30N2O. The van der Waals surface area contributed by atoms with Gasteiger partial charge in [0.15, 0.2) is 0 Å². The number of carbonyl (C=O) groups excluding carboxylic acids is 1. The van der Waals surface area contributed by atoms with Crippen LogP contribution >= 0.6 is 0 Å². The zero-order valence-electron chi connectivity index (χ0n) is 12.7. The fraction of sp³-hybridized carbons (Fsp3) is 0.938. The lowest BCUT2D eigenvalue weighted by Crippen LogP contribution is -2.51. The molecule has 0 aromatic rings. The summed E-state index contributed by atoms with van der Waals surface area (Å²) >= 11 is 0. The summed E-state index contributed by atoms with van der Waals surface area (Å²) in [5.74, 6) is 1.41. The van der Waals surface area contributed by atoms with Gasteiger partial charge < -0.3 is 10.2 Å². The number of hydrogen-bond acceptors (Lipinski definition) is 2. The maximum atomic E-state index is 12.7. The van der Waals surface area contributed by atoms with E-state index in [2.05, 4.69) is 24.2 Å². The summed E-state index contributed by atoms with van der Waals surface area (Å²) in [6.45, 7) is 4.17. The van der Waals surface area contributed by atoms with E-state index in [1.54, 1.807) is 0 Å². The SMILES string of the molecule is CCC1CN(C(=O)C2CCCCCC2)CCC1NC. The lowest BCUT2D eigenvalue weighted by molar-refractivity contribution is -0.138. The molecule has 0 aromatic heterocycles. The molecule has 1 amide bonds. The standard InChI is InChI=1S/C16H30N2O/c1-3-13-12-18(11-10-15(13)17-2)16(19)14-8-6-4-5-7-9-14/h13-15,17H,3-12H2,1-2H3. The number of nitrogens with one attached hydrogen (secondary N) is 1. The van der Waals surface area contributed by atoms with Crippen LogP contribution in [0, 0.1) is 11.8 Å². The van der Waals surface area contributed by atoms with Crippen LogP contribution in [0.2, 0.25) is 0 Å². The number of nitrogens with zero attached hydrogens (tertiary/aromatic N) is 1. The second kappa shape index (κ2) is 7.28. The van der Waals surface area contributed by atoms with E-state index in [4.69, 9.17) is 0 Å². The van der Waals surface area contributed by atoms with E-state index in [0.29, 0.717) is 23.8 Å². The minimum atomic E-state index is 0.325. The van der Waals surface area contributed by atoms with E-state index in [1.165, 1.54) is 32.1 Å². The van der Waals surface area contributed by atoms with Gasteiger partial charge in [-0.05, 0) is 32.2 Å². The van der Waals surface area contributed by atoms with Crippen molar-refractivity contribution in [3.8, 4) is 0 Å². The highest BCUT2D eigenvalue weighted by Gasteiger charge is 2.32. The first-order valence-corrected chi connectivity index (χ1v) is 8.22. The van der Waals surface area contributed by atoms with E-state index in [0.717, 1.165) is 32.4 Å². The van der Waals surface area contributed by atoms with Crippen molar-refractivity contribution in [2.75, 3.05) is 20.1 Å². The average molecular weight is 266 g/mol. The Morgan fingerprint density at radius 3 is 2.42 bits per heavy atom. The third-order valence-corrected chi connectivity index (χ3v) is 5.15. The van der Waals surface area contributed by atoms with Gasteiger partial charge in [-0.3, -0.25) is 4.79 Å². The Labute approximate surface area is 118 Å². The van der Waals surface area contributed by atoms with Crippen LogP contribution in [0.15, 0.2) is 0 Å². The third-order valence-electron chi connectivity index (χ3n) is 5.15. The van der Waals surface area contributed by atoms with Gasteiger partial charge in [-0.25, -0.2) is 0 Å². The molecule has 2 fully saturated rings. The lowest BCUT2D eigenvalue weighted by atomic mass is 9.88. The summed E-state index contributed by atoms with van der Waals surface area (Å²) in [6.07, 6.45) is 9.68. The summed E-state index contributed by atoms with van der Waals surface area (Å²) in [4.78, 5) is 14.8. The molecule has 0 bridgehead atoms. The van der Waals surface area contributed by atoms with Gasteiger partial charge in [0.1, 0.15) is 0 Å². The van der Waals surface area contributed by atoms with Gasteiger partial charge >= 0.3 is 0 Å². The van der Waals surface area contributed by atoms with Gasteiger partial charge in [-0.15, -0.1) is 0 Å². The van der Waals surface area contributed by atoms with Crippen molar-refractivity contribution in [3.63, 3.8) is 0 Å². The summed E-state index contributed by atoms with van der Waals surface area (Å²) in [5.41, 5.74) is 0. The molecule has 2 unspecified atom stereocenters. The zero-order chi connectivity index (χ0) is 13.7. The van der Waals surface area contributed by atoms with Crippen LogP contribution in [0.5, 0.6) is 0 Å². The Bertz CT molecular complexity index is 284. The normalized spacial score (nSPS) is 30.1. The Kier molecular flexibility index (Phi) is 5.68. The van der Waals surface area contributed by atoms with Crippen LogP contribution in [-0.4, -0.2) is 37.0 Å². The average Bonchev–Trinajstić information content (AvgIpc) is 2.74. The van der Waals surface area contributed by atoms with Gasteiger partial charge in [-0.1, -0.05) is 39.0 Å². The van der Waals surface area contributed by atoms with Crippen molar-refractivity contribution in [2.24, 2.45) is 11.8 Å². The molecule has 1 aliphatic heterocycles. The van der Waals surface area contributed by atoms with E-state index in [1.807, 2.05) is 0 Å². The first-order valence-electron chi connectivity index (χ1n) is 8.22. The van der Waals surface area contributed by atoms with Gasteiger partial charge in [0.25, 0.3) is 0 Å². The molecule has 19 heavy (non-hydrogen) atoms. The fourth-order valence-electron chi connectivity index (χ4n) is 3.81. The molecule has 3 heteroatoms. The van der Waals surface area contributed by atoms with Crippen molar-refractivity contribution >= 4 is 5.91 Å². The van der Waals surface area contributed by atoms with Crippen LogP contribution in [0.25, 0.3) is 0 Å². The molecule has 3 nitrogen and oxygen atoms in total. The van der Waals surface area contributed by atoms with Crippen molar-refractivity contribution in [2.45, 2.75) is 64.3 Å². The number of hydrogen-bond donors (Lipinski definition) is 1. The Morgan fingerprint density at radius 1 is 1.16 bits per heavy atom. The largest absolute Gasteiger partial charge is 0.342 e. The minimum Gasteiger partial charge on any atom is -0.342 e. The Hall–Kier alpha value is -0.570. The number of piperidine rings is 1. The van der Waals surface area contributed by atoms with Gasteiger partial charge in [0, 0.05) is 25.0 Å². The molecule has 1 N–H and O–H groups in total. The second-order valence-corrected chi connectivity index (χ2v) is 6.32. The molecule has 1 heterocycles. The molecule has 2 aliphatic rings. The highest BCUT2D eigenvalue weighted by atomic mass is 16.2. The number of likely N-dealkylation sites (tertiary alicyclic amines) is 1. The lowest BCUT2D eigenvalue weighted by Gasteiger charge is -2.39. The van der Waals surface area contributed by atoms with Gasteiger partial charge in [0.2, 0.25) is 5.91 Å². The van der Waals surface area contributed by atoms with E-state index < -0.39 is 0 Å². The quantitative estimate of drug-likeness (QED) is 0.797.